The number of nitrogens with two attached hydrogens (primary N) is 2. The van der Waals surface area contributed by atoms with Crippen molar-refractivity contribution in [3.05, 3.63) is 53.6 Å². The second-order valence-electron chi connectivity index (χ2n) is 4.88. The van der Waals surface area contributed by atoms with Crippen LogP contribution in [0.4, 0.5) is 0 Å². The molecule has 0 bridgehead atoms. The smallest absolute Gasteiger partial charge is 0.249 e. The van der Waals surface area contributed by atoms with Crippen LogP contribution >= 0.6 is 0 Å². The van der Waals surface area contributed by atoms with Gasteiger partial charge in [0.05, 0.1) is 0 Å². The van der Waals surface area contributed by atoms with Gasteiger partial charge in [0, 0.05) is 24.1 Å². The van der Waals surface area contributed by atoms with Crippen molar-refractivity contribution in [3.63, 3.8) is 0 Å². The quantitative estimate of drug-likeness (QED) is 0.889. The van der Waals surface area contributed by atoms with E-state index in [9.17, 15) is 4.79 Å². The van der Waals surface area contributed by atoms with Gasteiger partial charge in [-0.15, -0.1) is 0 Å². The summed E-state index contributed by atoms with van der Waals surface area (Å²) in [6.07, 6.45) is 0.810. The van der Waals surface area contributed by atoms with Gasteiger partial charge in [0.1, 0.15) is 11.9 Å². The third-order valence-electron chi connectivity index (χ3n) is 3.57. The van der Waals surface area contributed by atoms with Gasteiger partial charge in [-0.25, -0.2) is 0 Å². The van der Waals surface area contributed by atoms with Crippen LogP contribution in [-0.2, 0) is 6.42 Å². The number of para-hydroxylation sites is 1. The minimum Gasteiger partial charge on any atom is -0.488 e. The maximum atomic E-state index is 11.6. The highest BCUT2D eigenvalue weighted by Crippen LogP contribution is 2.39. The molecule has 0 fully saturated rings. The van der Waals surface area contributed by atoms with Gasteiger partial charge in [0.25, 0.3) is 0 Å². The van der Waals surface area contributed by atoms with E-state index in [1.807, 2.05) is 30.3 Å². The van der Waals surface area contributed by atoms with Gasteiger partial charge < -0.3 is 16.2 Å². The predicted octanol–water partition coefficient (Wildman–Crippen LogP) is 1.71. The average molecular weight is 268 g/mol. The van der Waals surface area contributed by atoms with Crippen LogP contribution in [0.3, 0.4) is 0 Å². The van der Waals surface area contributed by atoms with Crippen LogP contribution in [0, 0.1) is 0 Å². The van der Waals surface area contributed by atoms with Gasteiger partial charge in [-0.05, 0) is 17.2 Å². The summed E-state index contributed by atoms with van der Waals surface area (Å²) in [5.74, 6) is 0.378. The van der Waals surface area contributed by atoms with Gasteiger partial charge in [-0.3, -0.25) is 4.79 Å². The number of hydrogen-bond donors (Lipinski definition) is 2. The maximum Gasteiger partial charge on any atom is 0.249 e. The molecule has 4 nitrogen and oxygen atoms in total. The molecule has 0 aromatic heterocycles. The molecule has 0 radical (unpaired) electrons. The number of ether oxygens (including phenoxy) is 1. The van der Waals surface area contributed by atoms with E-state index in [1.165, 1.54) is 0 Å². The molecular weight excluding hydrogens is 252 g/mol. The normalized spacial score (nSPS) is 16.6. The molecule has 2 aromatic rings. The molecule has 2 aromatic carbocycles. The summed E-state index contributed by atoms with van der Waals surface area (Å²) in [5.41, 5.74) is 14.5. The fourth-order valence-corrected chi connectivity index (χ4v) is 2.61. The van der Waals surface area contributed by atoms with Crippen LogP contribution in [0.15, 0.2) is 42.5 Å². The molecule has 0 saturated carbocycles. The Hall–Kier alpha value is -2.33. The number of hydrogen-bond acceptors (Lipinski definition) is 3. The summed E-state index contributed by atoms with van der Waals surface area (Å²) in [6, 6.07) is 13.2. The highest BCUT2D eigenvalue weighted by Gasteiger charge is 2.25. The number of fused-ring (bicyclic) bond motifs is 1. The van der Waals surface area contributed by atoms with Gasteiger partial charge in [0.2, 0.25) is 5.91 Å². The zero-order valence-corrected chi connectivity index (χ0v) is 11.0. The summed E-state index contributed by atoms with van der Waals surface area (Å²) in [7, 11) is 0. The Morgan fingerprint density at radius 1 is 1.15 bits per heavy atom. The average Bonchev–Trinajstić information content (AvgIpc) is 2.90. The summed E-state index contributed by atoms with van der Waals surface area (Å²) in [4.78, 5) is 11.6. The lowest BCUT2D eigenvalue weighted by atomic mass is 9.96. The van der Waals surface area contributed by atoms with E-state index in [0.29, 0.717) is 12.1 Å². The second-order valence-corrected chi connectivity index (χ2v) is 4.88. The Morgan fingerprint density at radius 3 is 2.65 bits per heavy atom. The number of carbonyl (C=O) groups is 1. The van der Waals surface area contributed by atoms with E-state index in [-0.39, 0.29) is 6.10 Å². The SMILES string of the molecule is NC[C@@H]1Cc2cccc(-c3ccccc3C(N)=O)c2O1. The lowest BCUT2D eigenvalue weighted by Gasteiger charge is -2.12. The molecule has 1 atom stereocenters. The summed E-state index contributed by atoms with van der Waals surface area (Å²) in [5, 5.41) is 0. The van der Waals surface area contributed by atoms with E-state index in [2.05, 4.69) is 0 Å². The third-order valence-corrected chi connectivity index (χ3v) is 3.57. The summed E-state index contributed by atoms with van der Waals surface area (Å²) >= 11 is 0. The van der Waals surface area contributed by atoms with Gasteiger partial charge in [0.15, 0.2) is 0 Å². The van der Waals surface area contributed by atoms with Crippen LogP contribution in [-0.4, -0.2) is 18.6 Å². The molecule has 1 heterocycles. The predicted molar refractivity (Wildman–Crippen MR) is 77.6 cm³/mol. The zero-order chi connectivity index (χ0) is 14.1. The summed E-state index contributed by atoms with van der Waals surface area (Å²) in [6.45, 7) is 0.478. The molecule has 20 heavy (non-hydrogen) atoms. The van der Waals surface area contributed by atoms with Crippen LogP contribution in [0.1, 0.15) is 15.9 Å². The first-order chi connectivity index (χ1) is 9.70. The number of benzene rings is 2. The number of carbonyl (C=O) groups excluding carboxylic acids is 1. The first kappa shape index (κ1) is 12.7. The maximum absolute atomic E-state index is 11.6. The molecule has 1 aliphatic heterocycles. The summed E-state index contributed by atoms with van der Waals surface area (Å²) < 4.78 is 5.90. The monoisotopic (exact) mass is 268 g/mol. The minimum absolute atomic E-state index is 0.00638. The molecule has 1 aliphatic rings. The highest BCUT2D eigenvalue weighted by molar-refractivity contribution is 6.00. The Balaban J connectivity index is 2.14. The lowest BCUT2D eigenvalue weighted by Crippen LogP contribution is -2.24. The van der Waals surface area contributed by atoms with Crippen LogP contribution in [0.25, 0.3) is 11.1 Å². The zero-order valence-electron chi connectivity index (χ0n) is 11.0. The van der Waals surface area contributed by atoms with Crippen molar-refractivity contribution < 1.29 is 9.53 Å². The van der Waals surface area contributed by atoms with Crippen LogP contribution < -0.4 is 16.2 Å². The van der Waals surface area contributed by atoms with Crippen molar-refractivity contribution in [2.45, 2.75) is 12.5 Å². The van der Waals surface area contributed by atoms with Crippen LogP contribution in [0.2, 0.25) is 0 Å². The fourth-order valence-electron chi connectivity index (χ4n) is 2.61. The van der Waals surface area contributed by atoms with Crippen molar-refractivity contribution in [1.29, 1.82) is 0 Å². The van der Waals surface area contributed by atoms with Gasteiger partial charge >= 0.3 is 0 Å². The molecule has 4 heteroatoms. The van der Waals surface area contributed by atoms with E-state index in [4.69, 9.17) is 16.2 Å². The van der Waals surface area contributed by atoms with Crippen molar-refractivity contribution in [2.75, 3.05) is 6.54 Å². The lowest BCUT2D eigenvalue weighted by molar-refractivity contribution is 0.100. The standard InChI is InChI=1S/C16H16N2O2/c17-9-11-8-10-4-3-7-13(15(10)20-11)12-5-1-2-6-14(12)16(18)19/h1-7,11H,8-9,17H2,(H2,18,19)/t11-/m0/s1. The molecule has 102 valence electrons. The van der Waals surface area contributed by atoms with Gasteiger partial charge in [-0.2, -0.15) is 0 Å². The van der Waals surface area contributed by atoms with E-state index in [0.717, 1.165) is 28.9 Å². The third kappa shape index (κ3) is 2.04. The highest BCUT2D eigenvalue weighted by atomic mass is 16.5. The molecule has 4 N–H and O–H groups in total. The van der Waals surface area contributed by atoms with Crippen molar-refractivity contribution >= 4 is 5.91 Å². The van der Waals surface area contributed by atoms with Crippen LogP contribution in [0.5, 0.6) is 5.75 Å². The molecule has 0 spiro atoms. The number of amides is 1. The number of rotatable bonds is 3. The van der Waals surface area contributed by atoms with E-state index < -0.39 is 5.91 Å². The second kappa shape index (κ2) is 4.98. The molecule has 1 amide bonds. The van der Waals surface area contributed by atoms with E-state index >= 15 is 0 Å². The first-order valence-corrected chi connectivity index (χ1v) is 6.58. The minimum atomic E-state index is -0.438. The Labute approximate surface area is 117 Å². The topological polar surface area (TPSA) is 78.3 Å². The fraction of sp³-hybridized carbons (Fsp3) is 0.188. The number of primary amides is 1. The molecular formula is C16H16N2O2. The molecule has 0 saturated heterocycles. The van der Waals surface area contributed by atoms with Crippen molar-refractivity contribution in [2.24, 2.45) is 11.5 Å². The Morgan fingerprint density at radius 2 is 1.90 bits per heavy atom. The Bertz CT molecular complexity index is 667. The molecule has 0 aliphatic carbocycles. The molecule has 3 rings (SSSR count). The Kier molecular flexibility index (Phi) is 3.16. The molecule has 0 unspecified atom stereocenters. The largest absolute Gasteiger partial charge is 0.488 e. The van der Waals surface area contributed by atoms with Gasteiger partial charge in [-0.1, -0.05) is 36.4 Å². The van der Waals surface area contributed by atoms with Crippen molar-refractivity contribution in [3.8, 4) is 16.9 Å². The van der Waals surface area contributed by atoms with Crippen molar-refractivity contribution in [1.82, 2.24) is 0 Å². The van der Waals surface area contributed by atoms with E-state index in [1.54, 1.807) is 12.1 Å². The first-order valence-electron chi connectivity index (χ1n) is 6.58.